The van der Waals surface area contributed by atoms with E-state index in [-0.39, 0.29) is 0 Å². The van der Waals surface area contributed by atoms with Crippen LogP contribution in [0.15, 0.2) is 54.6 Å². The number of primary amides is 1. The predicted molar refractivity (Wildman–Crippen MR) is 80.1 cm³/mol. The summed E-state index contributed by atoms with van der Waals surface area (Å²) in [7, 11) is 0. The van der Waals surface area contributed by atoms with E-state index in [2.05, 4.69) is 4.98 Å². The number of pyridine rings is 1. The largest absolute Gasteiger partial charge is 0.399 e. The number of carbonyl (C=O) groups excluding carboxylic acids is 1. The number of hydrogen-bond donors (Lipinski definition) is 2. The van der Waals surface area contributed by atoms with Gasteiger partial charge in [0.05, 0.1) is 16.8 Å². The van der Waals surface area contributed by atoms with Gasteiger partial charge in [0, 0.05) is 16.6 Å². The third-order valence-electron chi connectivity index (χ3n) is 3.16. The first-order valence-corrected chi connectivity index (χ1v) is 6.20. The lowest BCUT2D eigenvalue weighted by atomic mass is 10.0. The number of nitrogens with two attached hydrogens (primary N) is 2. The molecule has 0 spiro atoms. The molecule has 0 radical (unpaired) electrons. The predicted octanol–water partition coefficient (Wildman–Crippen LogP) is 2.58. The number of nitrogen functional groups attached to an aromatic ring is 1. The molecule has 0 aliphatic heterocycles. The molecule has 1 aromatic heterocycles. The maximum atomic E-state index is 11.6. The van der Waals surface area contributed by atoms with Gasteiger partial charge in [-0.1, -0.05) is 30.3 Å². The van der Waals surface area contributed by atoms with Gasteiger partial charge in [-0.2, -0.15) is 0 Å². The van der Waals surface area contributed by atoms with Gasteiger partial charge in [0.25, 0.3) is 0 Å². The Balaban J connectivity index is 2.30. The van der Waals surface area contributed by atoms with E-state index in [0.717, 1.165) is 16.5 Å². The van der Waals surface area contributed by atoms with Crippen molar-refractivity contribution in [1.82, 2.24) is 4.98 Å². The Morgan fingerprint density at radius 2 is 1.80 bits per heavy atom. The van der Waals surface area contributed by atoms with Crippen molar-refractivity contribution in [3.05, 3.63) is 60.2 Å². The number of fused-ring (bicyclic) bond motifs is 1. The number of rotatable bonds is 2. The highest BCUT2D eigenvalue weighted by molar-refractivity contribution is 6.06. The zero-order valence-electron chi connectivity index (χ0n) is 10.7. The highest BCUT2D eigenvalue weighted by Gasteiger charge is 2.11. The molecule has 0 aliphatic rings. The third-order valence-corrected chi connectivity index (χ3v) is 3.16. The van der Waals surface area contributed by atoms with Crippen LogP contribution in [0.2, 0.25) is 0 Å². The summed E-state index contributed by atoms with van der Waals surface area (Å²) in [5, 5.41) is 0.757. The Morgan fingerprint density at radius 3 is 2.55 bits per heavy atom. The quantitative estimate of drug-likeness (QED) is 0.697. The minimum Gasteiger partial charge on any atom is -0.399 e. The number of para-hydroxylation sites is 1. The molecule has 0 atom stereocenters. The average Bonchev–Trinajstić information content (AvgIpc) is 2.46. The molecular weight excluding hydrogens is 250 g/mol. The highest BCUT2D eigenvalue weighted by atomic mass is 16.1. The van der Waals surface area contributed by atoms with Crippen molar-refractivity contribution in [2.45, 2.75) is 0 Å². The number of benzene rings is 2. The molecule has 0 unspecified atom stereocenters. The van der Waals surface area contributed by atoms with Gasteiger partial charge >= 0.3 is 0 Å². The molecule has 3 aromatic rings. The summed E-state index contributed by atoms with van der Waals surface area (Å²) >= 11 is 0. The molecule has 0 saturated carbocycles. The van der Waals surface area contributed by atoms with Gasteiger partial charge in [0.1, 0.15) is 0 Å². The maximum Gasteiger partial charge on any atom is 0.249 e. The molecule has 2 aromatic carbocycles. The van der Waals surface area contributed by atoms with Crippen molar-refractivity contribution in [1.29, 1.82) is 0 Å². The third kappa shape index (κ3) is 2.07. The van der Waals surface area contributed by atoms with Crippen LogP contribution < -0.4 is 11.5 Å². The van der Waals surface area contributed by atoms with Crippen LogP contribution in [0.4, 0.5) is 5.69 Å². The van der Waals surface area contributed by atoms with E-state index in [9.17, 15) is 4.79 Å². The van der Waals surface area contributed by atoms with Gasteiger partial charge in [-0.15, -0.1) is 0 Å². The summed E-state index contributed by atoms with van der Waals surface area (Å²) in [5.74, 6) is -0.464. The van der Waals surface area contributed by atoms with Crippen LogP contribution in [0.1, 0.15) is 10.4 Å². The van der Waals surface area contributed by atoms with Crippen LogP contribution in [0, 0.1) is 0 Å². The van der Waals surface area contributed by atoms with E-state index in [4.69, 9.17) is 11.5 Å². The van der Waals surface area contributed by atoms with Crippen molar-refractivity contribution in [2.24, 2.45) is 5.73 Å². The van der Waals surface area contributed by atoms with Crippen molar-refractivity contribution in [3.63, 3.8) is 0 Å². The first-order valence-electron chi connectivity index (χ1n) is 6.20. The van der Waals surface area contributed by atoms with E-state index >= 15 is 0 Å². The Kier molecular flexibility index (Phi) is 2.84. The lowest BCUT2D eigenvalue weighted by molar-refractivity contribution is 0.100. The molecule has 1 heterocycles. The zero-order chi connectivity index (χ0) is 14.1. The standard InChI is InChI=1S/C16H13N3O/c17-11-5-3-4-10(8-11)15-9-13(16(18)20)12-6-1-2-7-14(12)19-15/h1-9H,17H2,(H2,18,20). The fraction of sp³-hybridized carbons (Fsp3) is 0. The topological polar surface area (TPSA) is 82.0 Å². The van der Waals surface area contributed by atoms with E-state index in [1.165, 1.54) is 0 Å². The molecular formula is C16H13N3O. The number of carbonyl (C=O) groups is 1. The van der Waals surface area contributed by atoms with Crippen LogP contribution in [-0.4, -0.2) is 10.9 Å². The molecule has 3 rings (SSSR count). The van der Waals surface area contributed by atoms with E-state index in [1.54, 1.807) is 12.1 Å². The molecule has 20 heavy (non-hydrogen) atoms. The number of anilines is 1. The van der Waals surface area contributed by atoms with Gasteiger partial charge in [-0.3, -0.25) is 4.79 Å². The van der Waals surface area contributed by atoms with E-state index < -0.39 is 5.91 Å². The van der Waals surface area contributed by atoms with Crippen molar-refractivity contribution in [3.8, 4) is 11.3 Å². The molecule has 0 saturated heterocycles. The fourth-order valence-electron chi connectivity index (χ4n) is 2.23. The number of amides is 1. The van der Waals surface area contributed by atoms with Crippen LogP contribution in [0.5, 0.6) is 0 Å². The van der Waals surface area contributed by atoms with Gasteiger partial charge in [-0.25, -0.2) is 4.98 Å². The molecule has 98 valence electrons. The summed E-state index contributed by atoms with van der Waals surface area (Å²) in [5.41, 5.74) is 14.7. The monoisotopic (exact) mass is 263 g/mol. The van der Waals surface area contributed by atoms with Crippen molar-refractivity contribution >= 4 is 22.5 Å². The summed E-state index contributed by atoms with van der Waals surface area (Å²) in [6, 6.07) is 16.5. The van der Waals surface area contributed by atoms with E-state index in [0.29, 0.717) is 16.9 Å². The van der Waals surface area contributed by atoms with E-state index in [1.807, 2.05) is 42.5 Å². The summed E-state index contributed by atoms with van der Waals surface area (Å²) in [6.45, 7) is 0. The second-order valence-corrected chi connectivity index (χ2v) is 4.56. The normalized spacial score (nSPS) is 10.6. The summed E-state index contributed by atoms with van der Waals surface area (Å²) < 4.78 is 0. The van der Waals surface area contributed by atoms with Crippen molar-refractivity contribution in [2.75, 3.05) is 5.73 Å². The van der Waals surface area contributed by atoms with Gasteiger partial charge in [0.15, 0.2) is 0 Å². The average molecular weight is 263 g/mol. The minimum atomic E-state index is -0.464. The Labute approximate surface area is 116 Å². The first-order chi connectivity index (χ1) is 9.65. The summed E-state index contributed by atoms with van der Waals surface area (Å²) in [4.78, 5) is 16.2. The smallest absolute Gasteiger partial charge is 0.249 e. The van der Waals surface area contributed by atoms with Gasteiger partial charge in [-0.05, 0) is 24.3 Å². The first kappa shape index (κ1) is 12.2. The fourth-order valence-corrected chi connectivity index (χ4v) is 2.23. The molecule has 4 nitrogen and oxygen atoms in total. The minimum absolute atomic E-state index is 0.464. The summed E-state index contributed by atoms with van der Waals surface area (Å²) in [6.07, 6.45) is 0. The Morgan fingerprint density at radius 1 is 1.00 bits per heavy atom. The second-order valence-electron chi connectivity index (χ2n) is 4.56. The molecule has 0 bridgehead atoms. The van der Waals surface area contributed by atoms with Crippen LogP contribution in [-0.2, 0) is 0 Å². The maximum absolute atomic E-state index is 11.6. The van der Waals surface area contributed by atoms with Crippen LogP contribution in [0.3, 0.4) is 0 Å². The van der Waals surface area contributed by atoms with Crippen molar-refractivity contribution < 1.29 is 4.79 Å². The van der Waals surface area contributed by atoms with Gasteiger partial charge in [0.2, 0.25) is 5.91 Å². The highest BCUT2D eigenvalue weighted by Crippen LogP contribution is 2.25. The molecule has 4 N–H and O–H groups in total. The lowest BCUT2D eigenvalue weighted by Gasteiger charge is -2.08. The van der Waals surface area contributed by atoms with Crippen LogP contribution >= 0.6 is 0 Å². The second kappa shape index (κ2) is 4.66. The zero-order valence-corrected chi connectivity index (χ0v) is 10.7. The van der Waals surface area contributed by atoms with Crippen LogP contribution in [0.25, 0.3) is 22.2 Å². The number of aromatic nitrogens is 1. The lowest BCUT2D eigenvalue weighted by Crippen LogP contribution is -2.12. The molecule has 4 heteroatoms. The SMILES string of the molecule is NC(=O)c1cc(-c2cccc(N)c2)nc2ccccc12. The number of nitrogens with zero attached hydrogens (tertiary/aromatic N) is 1. The molecule has 0 aliphatic carbocycles. The Hall–Kier alpha value is -2.88. The Bertz CT molecular complexity index is 812. The number of hydrogen-bond acceptors (Lipinski definition) is 3. The van der Waals surface area contributed by atoms with Gasteiger partial charge < -0.3 is 11.5 Å². The molecule has 1 amide bonds. The molecule has 0 fully saturated rings.